The number of benzene rings is 2. The van der Waals surface area contributed by atoms with Gasteiger partial charge in [-0.15, -0.1) is 0 Å². The van der Waals surface area contributed by atoms with Crippen molar-refractivity contribution in [2.24, 2.45) is 0 Å². The van der Waals surface area contributed by atoms with Crippen LogP contribution in [0, 0.1) is 13.8 Å². The Morgan fingerprint density at radius 2 is 1.78 bits per heavy atom. The molecule has 0 bridgehead atoms. The van der Waals surface area contributed by atoms with Crippen molar-refractivity contribution in [2.75, 3.05) is 31.6 Å². The maximum Gasteiger partial charge on any atom is 0.171 e. The summed E-state index contributed by atoms with van der Waals surface area (Å²) in [5, 5.41) is 7.72. The van der Waals surface area contributed by atoms with Crippen LogP contribution in [0.1, 0.15) is 22.3 Å². The third kappa shape index (κ3) is 5.91. The number of nitrogens with zero attached hydrogens (tertiary/aromatic N) is 1. The van der Waals surface area contributed by atoms with E-state index in [0.29, 0.717) is 16.7 Å². The van der Waals surface area contributed by atoms with Crippen LogP contribution in [0.2, 0.25) is 5.02 Å². The van der Waals surface area contributed by atoms with Gasteiger partial charge >= 0.3 is 0 Å². The molecule has 0 aliphatic carbocycles. The van der Waals surface area contributed by atoms with E-state index in [1.807, 2.05) is 19.9 Å². The number of halogens is 1. The summed E-state index contributed by atoms with van der Waals surface area (Å²) < 4.78 is 5.40. The van der Waals surface area contributed by atoms with Crippen molar-refractivity contribution >= 4 is 34.6 Å². The Kier molecular flexibility index (Phi) is 7.07. The molecule has 2 aromatic carbocycles. The van der Waals surface area contributed by atoms with E-state index in [0.717, 1.165) is 49.7 Å². The lowest BCUT2D eigenvalue weighted by Gasteiger charge is -2.26. The van der Waals surface area contributed by atoms with Gasteiger partial charge in [0.05, 0.1) is 23.9 Å². The van der Waals surface area contributed by atoms with Crippen molar-refractivity contribution in [3.63, 3.8) is 0 Å². The summed E-state index contributed by atoms with van der Waals surface area (Å²) in [6, 6.07) is 12.7. The summed E-state index contributed by atoms with van der Waals surface area (Å²) in [5.74, 6) is 0. The number of rotatable bonds is 5. The molecule has 1 heterocycles. The maximum absolute atomic E-state index is 6.33. The molecule has 27 heavy (non-hydrogen) atoms. The van der Waals surface area contributed by atoms with Crippen molar-refractivity contribution in [2.45, 2.75) is 26.9 Å². The van der Waals surface area contributed by atoms with Gasteiger partial charge in [-0.2, -0.15) is 0 Å². The van der Waals surface area contributed by atoms with E-state index in [4.69, 9.17) is 28.6 Å². The van der Waals surface area contributed by atoms with Gasteiger partial charge in [-0.05, 0) is 54.4 Å². The van der Waals surface area contributed by atoms with E-state index in [1.165, 1.54) is 11.1 Å². The summed E-state index contributed by atoms with van der Waals surface area (Å²) in [4.78, 5) is 2.42. The molecule has 3 rings (SSSR count). The van der Waals surface area contributed by atoms with Crippen LogP contribution >= 0.6 is 23.8 Å². The smallest absolute Gasteiger partial charge is 0.171 e. The van der Waals surface area contributed by atoms with Crippen LogP contribution in [0.15, 0.2) is 36.4 Å². The summed E-state index contributed by atoms with van der Waals surface area (Å²) in [6.45, 7) is 9.37. The molecule has 1 aliphatic rings. The first-order valence-corrected chi connectivity index (χ1v) is 9.99. The average Bonchev–Trinajstić information content (AvgIpc) is 2.65. The topological polar surface area (TPSA) is 36.5 Å². The second-order valence-corrected chi connectivity index (χ2v) is 7.77. The van der Waals surface area contributed by atoms with Crippen molar-refractivity contribution in [1.82, 2.24) is 10.2 Å². The molecule has 1 aliphatic heterocycles. The molecule has 0 radical (unpaired) electrons. The maximum atomic E-state index is 6.33. The first kappa shape index (κ1) is 20.1. The van der Waals surface area contributed by atoms with E-state index in [9.17, 15) is 0 Å². The number of hydrogen-bond donors (Lipinski definition) is 2. The van der Waals surface area contributed by atoms with Crippen molar-refractivity contribution in [1.29, 1.82) is 0 Å². The molecular weight excluding hydrogens is 378 g/mol. The zero-order valence-electron chi connectivity index (χ0n) is 15.8. The van der Waals surface area contributed by atoms with Gasteiger partial charge in [-0.1, -0.05) is 41.9 Å². The Labute approximate surface area is 171 Å². The van der Waals surface area contributed by atoms with Gasteiger partial charge in [-0.3, -0.25) is 4.90 Å². The number of nitrogens with one attached hydrogen (secondary N) is 2. The van der Waals surface area contributed by atoms with Crippen LogP contribution in [-0.2, 0) is 17.8 Å². The largest absolute Gasteiger partial charge is 0.379 e. The van der Waals surface area contributed by atoms with Gasteiger partial charge in [-0.25, -0.2) is 0 Å². The predicted molar refractivity (Wildman–Crippen MR) is 117 cm³/mol. The molecule has 144 valence electrons. The molecular formula is C21H26ClN3OS. The van der Waals surface area contributed by atoms with Crippen LogP contribution in [0.3, 0.4) is 0 Å². The Bertz CT molecular complexity index is 766. The third-order valence-electron chi connectivity index (χ3n) is 4.66. The minimum atomic E-state index is 0.571. The lowest BCUT2D eigenvalue weighted by Crippen LogP contribution is -2.35. The van der Waals surface area contributed by atoms with Gasteiger partial charge in [0.1, 0.15) is 0 Å². The van der Waals surface area contributed by atoms with Crippen LogP contribution in [0.5, 0.6) is 0 Å². The molecule has 0 aromatic heterocycles. The van der Waals surface area contributed by atoms with E-state index >= 15 is 0 Å². The van der Waals surface area contributed by atoms with E-state index in [1.54, 1.807) is 0 Å². The number of hydrogen-bond acceptors (Lipinski definition) is 3. The first-order valence-electron chi connectivity index (χ1n) is 9.21. The highest BCUT2D eigenvalue weighted by Crippen LogP contribution is 2.27. The molecule has 1 saturated heterocycles. The zero-order chi connectivity index (χ0) is 19.2. The lowest BCUT2D eigenvalue weighted by molar-refractivity contribution is 0.0342. The zero-order valence-corrected chi connectivity index (χ0v) is 17.4. The highest BCUT2D eigenvalue weighted by atomic mass is 35.5. The van der Waals surface area contributed by atoms with Gasteiger partial charge in [0.25, 0.3) is 0 Å². The fraction of sp³-hybridized carbons (Fsp3) is 0.381. The average molecular weight is 404 g/mol. The standard InChI is InChI=1S/C21H26ClN3OS/c1-15-11-16(2)20(19(22)12-15)24-21(27)23-13-17-3-5-18(6-4-17)14-25-7-9-26-10-8-25/h3-6,11-12H,7-10,13-14H2,1-2H3,(H2,23,24,27). The lowest BCUT2D eigenvalue weighted by atomic mass is 10.1. The molecule has 0 amide bonds. The second kappa shape index (κ2) is 9.51. The van der Waals surface area contributed by atoms with Crippen LogP contribution in [0.4, 0.5) is 5.69 Å². The van der Waals surface area contributed by atoms with Gasteiger partial charge in [0.2, 0.25) is 0 Å². The summed E-state index contributed by atoms with van der Waals surface area (Å²) in [5.41, 5.74) is 5.59. The minimum Gasteiger partial charge on any atom is -0.379 e. The van der Waals surface area contributed by atoms with Crippen LogP contribution in [0.25, 0.3) is 0 Å². The molecule has 1 fully saturated rings. The normalized spacial score (nSPS) is 14.8. The van der Waals surface area contributed by atoms with Gasteiger partial charge in [0.15, 0.2) is 5.11 Å². The summed E-state index contributed by atoms with van der Waals surface area (Å²) >= 11 is 11.8. The number of ether oxygens (including phenoxy) is 1. The predicted octanol–water partition coefficient (Wildman–Crippen LogP) is 4.28. The Morgan fingerprint density at radius 1 is 1.11 bits per heavy atom. The molecule has 2 aromatic rings. The summed E-state index contributed by atoms with van der Waals surface area (Å²) in [7, 11) is 0. The fourth-order valence-electron chi connectivity index (χ4n) is 3.19. The molecule has 2 N–H and O–H groups in total. The number of anilines is 1. The van der Waals surface area contributed by atoms with Crippen LogP contribution < -0.4 is 10.6 Å². The molecule has 4 nitrogen and oxygen atoms in total. The number of thiocarbonyl (C=S) groups is 1. The third-order valence-corrected chi connectivity index (χ3v) is 5.20. The molecule has 0 unspecified atom stereocenters. The highest BCUT2D eigenvalue weighted by molar-refractivity contribution is 7.80. The van der Waals surface area contributed by atoms with Gasteiger partial charge < -0.3 is 15.4 Å². The molecule has 0 spiro atoms. The first-order chi connectivity index (χ1) is 13.0. The van der Waals surface area contributed by atoms with E-state index in [-0.39, 0.29) is 0 Å². The van der Waals surface area contributed by atoms with Crippen molar-refractivity contribution in [3.05, 3.63) is 63.7 Å². The highest BCUT2D eigenvalue weighted by Gasteiger charge is 2.11. The van der Waals surface area contributed by atoms with E-state index < -0.39 is 0 Å². The van der Waals surface area contributed by atoms with Gasteiger partial charge in [0, 0.05) is 26.2 Å². The molecule has 0 saturated carbocycles. The SMILES string of the molecule is Cc1cc(C)c(NC(=S)NCc2ccc(CN3CCOCC3)cc2)c(Cl)c1. The molecule has 0 atom stereocenters. The quantitative estimate of drug-likeness (QED) is 0.729. The number of morpholine rings is 1. The Balaban J connectivity index is 1.50. The monoisotopic (exact) mass is 403 g/mol. The Hall–Kier alpha value is -1.66. The number of aryl methyl sites for hydroxylation is 2. The molecule has 6 heteroatoms. The Morgan fingerprint density at radius 3 is 2.44 bits per heavy atom. The van der Waals surface area contributed by atoms with Crippen molar-refractivity contribution < 1.29 is 4.74 Å². The van der Waals surface area contributed by atoms with Crippen LogP contribution in [-0.4, -0.2) is 36.3 Å². The van der Waals surface area contributed by atoms with Crippen molar-refractivity contribution in [3.8, 4) is 0 Å². The minimum absolute atomic E-state index is 0.571. The fourth-order valence-corrected chi connectivity index (χ4v) is 3.74. The second-order valence-electron chi connectivity index (χ2n) is 6.95. The summed E-state index contributed by atoms with van der Waals surface area (Å²) in [6.07, 6.45) is 0. The van der Waals surface area contributed by atoms with E-state index in [2.05, 4.69) is 45.9 Å².